The SMILES string of the molecule is CCC(C(=O)O)N(C)c1cccc(C(F)(F)F)n1. The van der Waals surface area contributed by atoms with E-state index in [1.54, 1.807) is 6.92 Å². The van der Waals surface area contributed by atoms with E-state index >= 15 is 0 Å². The van der Waals surface area contributed by atoms with Gasteiger partial charge in [0.1, 0.15) is 17.6 Å². The summed E-state index contributed by atoms with van der Waals surface area (Å²) < 4.78 is 37.4. The van der Waals surface area contributed by atoms with Crippen LogP contribution in [0.15, 0.2) is 18.2 Å². The zero-order valence-corrected chi connectivity index (χ0v) is 9.90. The van der Waals surface area contributed by atoms with Crippen molar-refractivity contribution in [2.24, 2.45) is 0 Å². The number of rotatable bonds is 4. The Bertz CT molecular complexity index is 435. The van der Waals surface area contributed by atoms with E-state index in [2.05, 4.69) is 4.98 Å². The third-order valence-electron chi connectivity index (χ3n) is 2.53. The lowest BCUT2D eigenvalue weighted by molar-refractivity contribution is -0.141. The topological polar surface area (TPSA) is 53.4 Å². The fourth-order valence-electron chi connectivity index (χ4n) is 1.55. The molecule has 0 spiro atoms. The zero-order valence-electron chi connectivity index (χ0n) is 9.90. The highest BCUT2D eigenvalue weighted by atomic mass is 19.4. The number of aliphatic carboxylic acids is 1. The monoisotopic (exact) mass is 262 g/mol. The van der Waals surface area contributed by atoms with E-state index in [1.807, 2.05) is 0 Å². The van der Waals surface area contributed by atoms with Gasteiger partial charge in [-0.2, -0.15) is 13.2 Å². The number of carboxylic acid groups (broad SMARTS) is 1. The van der Waals surface area contributed by atoms with E-state index in [-0.39, 0.29) is 12.2 Å². The van der Waals surface area contributed by atoms with Crippen molar-refractivity contribution in [2.75, 3.05) is 11.9 Å². The predicted octanol–water partition coefficient (Wildman–Crippen LogP) is 2.40. The Labute approximate surface area is 102 Å². The van der Waals surface area contributed by atoms with Gasteiger partial charge in [0, 0.05) is 7.05 Å². The van der Waals surface area contributed by atoms with Crippen LogP contribution in [-0.4, -0.2) is 29.1 Å². The summed E-state index contributed by atoms with van der Waals surface area (Å²) in [6.45, 7) is 1.64. The maximum atomic E-state index is 12.5. The average molecular weight is 262 g/mol. The van der Waals surface area contributed by atoms with Crippen LogP contribution in [0.5, 0.6) is 0 Å². The third-order valence-corrected chi connectivity index (χ3v) is 2.53. The fraction of sp³-hybridized carbons (Fsp3) is 0.455. The van der Waals surface area contributed by atoms with Crippen LogP contribution in [-0.2, 0) is 11.0 Å². The zero-order chi connectivity index (χ0) is 13.9. The number of aromatic nitrogens is 1. The minimum Gasteiger partial charge on any atom is -0.480 e. The van der Waals surface area contributed by atoms with E-state index in [0.29, 0.717) is 0 Å². The van der Waals surface area contributed by atoms with Crippen LogP contribution in [0, 0.1) is 0 Å². The molecule has 100 valence electrons. The molecule has 0 saturated heterocycles. The Morgan fingerprint density at radius 1 is 1.50 bits per heavy atom. The molecular weight excluding hydrogens is 249 g/mol. The van der Waals surface area contributed by atoms with Crippen molar-refractivity contribution in [3.63, 3.8) is 0 Å². The van der Waals surface area contributed by atoms with Gasteiger partial charge >= 0.3 is 12.1 Å². The van der Waals surface area contributed by atoms with Crippen LogP contribution in [0.25, 0.3) is 0 Å². The molecule has 1 unspecified atom stereocenters. The molecule has 7 heteroatoms. The number of halogens is 3. The largest absolute Gasteiger partial charge is 0.480 e. The lowest BCUT2D eigenvalue weighted by Gasteiger charge is -2.25. The normalized spacial score (nSPS) is 13.2. The maximum absolute atomic E-state index is 12.5. The second-order valence-electron chi connectivity index (χ2n) is 3.75. The molecule has 1 heterocycles. The molecule has 1 atom stereocenters. The Kier molecular flexibility index (Phi) is 4.15. The van der Waals surface area contributed by atoms with Crippen LogP contribution in [0.2, 0.25) is 0 Å². The molecule has 1 aromatic rings. The number of alkyl halides is 3. The summed E-state index contributed by atoms with van der Waals surface area (Å²) >= 11 is 0. The van der Waals surface area contributed by atoms with Crippen molar-refractivity contribution in [3.05, 3.63) is 23.9 Å². The second-order valence-corrected chi connectivity index (χ2v) is 3.75. The van der Waals surface area contributed by atoms with Crippen molar-refractivity contribution >= 4 is 11.8 Å². The predicted molar refractivity (Wildman–Crippen MR) is 59.4 cm³/mol. The van der Waals surface area contributed by atoms with Crippen molar-refractivity contribution in [3.8, 4) is 0 Å². The number of pyridine rings is 1. The van der Waals surface area contributed by atoms with E-state index in [0.717, 1.165) is 6.07 Å². The van der Waals surface area contributed by atoms with Crippen LogP contribution < -0.4 is 4.90 Å². The van der Waals surface area contributed by atoms with Crippen molar-refractivity contribution in [2.45, 2.75) is 25.6 Å². The summed E-state index contributed by atoms with van der Waals surface area (Å²) in [4.78, 5) is 15.6. The van der Waals surface area contributed by atoms with Crippen molar-refractivity contribution in [1.82, 2.24) is 4.98 Å². The fourth-order valence-corrected chi connectivity index (χ4v) is 1.55. The van der Waals surface area contributed by atoms with E-state index in [1.165, 1.54) is 24.1 Å². The number of hydrogen-bond donors (Lipinski definition) is 1. The van der Waals surface area contributed by atoms with E-state index in [9.17, 15) is 18.0 Å². The summed E-state index contributed by atoms with van der Waals surface area (Å²) in [5.41, 5.74) is -1.04. The number of carboxylic acids is 1. The summed E-state index contributed by atoms with van der Waals surface area (Å²) in [7, 11) is 1.41. The maximum Gasteiger partial charge on any atom is 0.433 e. The second kappa shape index (κ2) is 5.24. The number of nitrogens with zero attached hydrogens (tertiary/aromatic N) is 2. The van der Waals surface area contributed by atoms with Crippen LogP contribution in [0.4, 0.5) is 19.0 Å². The van der Waals surface area contributed by atoms with Gasteiger partial charge < -0.3 is 10.0 Å². The average Bonchev–Trinajstić information content (AvgIpc) is 2.28. The summed E-state index contributed by atoms with van der Waals surface area (Å²) in [6, 6.07) is 2.50. The van der Waals surface area contributed by atoms with Gasteiger partial charge in [-0.1, -0.05) is 13.0 Å². The molecule has 1 rings (SSSR count). The lowest BCUT2D eigenvalue weighted by Crippen LogP contribution is -2.38. The third kappa shape index (κ3) is 3.12. The molecule has 0 aliphatic rings. The Morgan fingerprint density at radius 2 is 2.11 bits per heavy atom. The molecule has 0 bridgehead atoms. The Hall–Kier alpha value is -1.79. The number of carbonyl (C=O) groups is 1. The summed E-state index contributed by atoms with van der Waals surface area (Å²) in [5.74, 6) is -1.11. The first-order chi connectivity index (χ1) is 8.27. The molecule has 0 aliphatic carbocycles. The van der Waals surface area contributed by atoms with E-state index < -0.39 is 23.9 Å². The molecule has 0 fully saturated rings. The molecule has 0 saturated carbocycles. The number of hydrogen-bond acceptors (Lipinski definition) is 3. The number of anilines is 1. The first-order valence-electron chi connectivity index (χ1n) is 5.27. The number of likely N-dealkylation sites (N-methyl/N-ethyl adjacent to an activating group) is 1. The van der Waals surface area contributed by atoms with Crippen LogP contribution >= 0.6 is 0 Å². The molecular formula is C11H13F3N2O2. The van der Waals surface area contributed by atoms with Gasteiger partial charge in [0.2, 0.25) is 0 Å². The van der Waals surface area contributed by atoms with Gasteiger partial charge in [-0.05, 0) is 18.6 Å². The highest BCUT2D eigenvalue weighted by molar-refractivity contribution is 5.77. The first kappa shape index (κ1) is 14.3. The minimum absolute atomic E-state index is 0.0147. The van der Waals surface area contributed by atoms with Gasteiger partial charge in [0.15, 0.2) is 0 Å². The molecule has 0 radical (unpaired) electrons. The van der Waals surface area contributed by atoms with Gasteiger partial charge in [-0.15, -0.1) is 0 Å². The highest BCUT2D eigenvalue weighted by Crippen LogP contribution is 2.29. The first-order valence-corrected chi connectivity index (χ1v) is 5.27. The smallest absolute Gasteiger partial charge is 0.433 e. The molecule has 1 aromatic heterocycles. The van der Waals surface area contributed by atoms with Gasteiger partial charge in [-0.3, -0.25) is 0 Å². The lowest BCUT2D eigenvalue weighted by atomic mass is 10.2. The Morgan fingerprint density at radius 3 is 2.56 bits per heavy atom. The molecule has 0 amide bonds. The molecule has 4 nitrogen and oxygen atoms in total. The molecule has 0 aliphatic heterocycles. The molecule has 18 heavy (non-hydrogen) atoms. The van der Waals surface area contributed by atoms with Crippen LogP contribution in [0.1, 0.15) is 19.0 Å². The minimum atomic E-state index is -4.54. The van der Waals surface area contributed by atoms with Gasteiger partial charge in [-0.25, -0.2) is 9.78 Å². The summed E-state index contributed by atoms with van der Waals surface area (Å²) in [6.07, 6.45) is -4.27. The molecule has 0 aromatic carbocycles. The quantitative estimate of drug-likeness (QED) is 0.905. The van der Waals surface area contributed by atoms with Gasteiger partial charge in [0.25, 0.3) is 0 Å². The summed E-state index contributed by atoms with van der Waals surface area (Å²) in [5, 5.41) is 8.94. The standard InChI is InChI=1S/C11H13F3N2O2/c1-3-7(10(17)18)16(2)9-6-4-5-8(15-9)11(12,13)14/h4-7H,3H2,1-2H3,(H,17,18). The molecule has 1 N–H and O–H groups in total. The van der Waals surface area contributed by atoms with Crippen LogP contribution in [0.3, 0.4) is 0 Å². The van der Waals surface area contributed by atoms with Crippen molar-refractivity contribution < 1.29 is 23.1 Å². The Balaban J connectivity index is 3.06. The van der Waals surface area contributed by atoms with Crippen molar-refractivity contribution in [1.29, 1.82) is 0 Å². The van der Waals surface area contributed by atoms with E-state index in [4.69, 9.17) is 5.11 Å². The van der Waals surface area contributed by atoms with Gasteiger partial charge in [0.05, 0.1) is 0 Å². The highest BCUT2D eigenvalue weighted by Gasteiger charge is 2.33.